The molecule has 1 saturated carbocycles. The van der Waals surface area contributed by atoms with E-state index in [1.165, 1.54) is 10.8 Å². The summed E-state index contributed by atoms with van der Waals surface area (Å²) in [4.78, 5) is 24.9. The normalized spacial score (nSPS) is 13.6. The molecule has 0 radical (unpaired) electrons. The van der Waals surface area contributed by atoms with Crippen LogP contribution >= 0.6 is 0 Å². The van der Waals surface area contributed by atoms with Gasteiger partial charge in [0, 0.05) is 23.9 Å². The number of aromatic nitrogens is 3. The fourth-order valence-electron chi connectivity index (χ4n) is 2.74. The van der Waals surface area contributed by atoms with Crippen LogP contribution in [0.4, 0.5) is 0 Å². The van der Waals surface area contributed by atoms with Crippen molar-refractivity contribution in [1.82, 2.24) is 14.3 Å². The van der Waals surface area contributed by atoms with E-state index in [1.807, 2.05) is 36.4 Å². The molecule has 25 heavy (non-hydrogen) atoms. The van der Waals surface area contributed by atoms with Crippen molar-refractivity contribution >= 4 is 0 Å². The molecule has 0 amide bonds. The summed E-state index contributed by atoms with van der Waals surface area (Å²) in [6, 6.07) is 13.1. The van der Waals surface area contributed by atoms with Crippen LogP contribution < -0.4 is 11.2 Å². The lowest BCUT2D eigenvalue weighted by molar-refractivity contribution is 0.372. The van der Waals surface area contributed by atoms with Gasteiger partial charge in [-0.3, -0.25) is 13.9 Å². The minimum Gasteiger partial charge on any atom is -0.359 e. The molecule has 1 fully saturated rings. The summed E-state index contributed by atoms with van der Waals surface area (Å²) in [5.74, 6) is 0.385. The van der Waals surface area contributed by atoms with E-state index < -0.39 is 11.2 Å². The van der Waals surface area contributed by atoms with Crippen molar-refractivity contribution in [2.24, 2.45) is 0 Å². The van der Waals surface area contributed by atoms with E-state index in [0.717, 1.165) is 23.0 Å². The zero-order valence-electron chi connectivity index (χ0n) is 13.3. The van der Waals surface area contributed by atoms with E-state index in [2.05, 4.69) is 5.16 Å². The van der Waals surface area contributed by atoms with Crippen molar-refractivity contribution in [3.8, 4) is 17.3 Å². The Bertz CT molecular complexity index is 1080. The third kappa shape index (κ3) is 2.78. The second-order valence-electron chi connectivity index (χ2n) is 6.01. The van der Waals surface area contributed by atoms with E-state index >= 15 is 0 Å². The van der Waals surface area contributed by atoms with Gasteiger partial charge in [0.05, 0.1) is 6.54 Å². The first-order valence-electron chi connectivity index (χ1n) is 7.94. The Morgan fingerprint density at radius 2 is 2.00 bits per heavy atom. The van der Waals surface area contributed by atoms with E-state index in [-0.39, 0.29) is 18.2 Å². The molecule has 1 aliphatic carbocycles. The topological polar surface area (TPSA) is 93.8 Å². The van der Waals surface area contributed by atoms with Crippen LogP contribution in [0.5, 0.6) is 0 Å². The summed E-state index contributed by atoms with van der Waals surface area (Å²) in [5.41, 5.74) is 0.425. The molecule has 1 aliphatic rings. The molecule has 0 bridgehead atoms. The van der Waals surface area contributed by atoms with Gasteiger partial charge in [0.1, 0.15) is 17.3 Å². The Morgan fingerprint density at radius 3 is 2.68 bits per heavy atom. The van der Waals surface area contributed by atoms with Gasteiger partial charge in [0.15, 0.2) is 5.76 Å². The highest BCUT2D eigenvalue weighted by atomic mass is 16.5. The van der Waals surface area contributed by atoms with Crippen LogP contribution in [0.15, 0.2) is 56.7 Å². The first-order chi connectivity index (χ1) is 12.2. The Kier molecular flexibility index (Phi) is 3.58. The number of hydrogen-bond acceptors (Lipinski definition) is 5. The molecule has 2 aromatic heterocycles. The molecular formula is C18H14N4O3. The van der Waals surface area contributed by atoms with Crippen LogP contribution in [-0.4, -0.2) is 14.3 Å². The number of nitrogens with zero attached hydrogens (tertiary/aromatic N) is 4. The van der Waals surface area contributed by atoms with Crippen LogP contribution in [0.2, 0.25) is 0 Å². The van der Waals surface area contributed by atoms with Gasteiger partial charge >= 0.3 is 5.69 Å². The van der Waals surface area contributed by atoms with E-state index in [0.29, 0.717) is 11.5 Å². The predicted octanol–water partition coefficient (Wildman–Crippen LogP) is 1.92. The summed E-state index contributed by atoms with van der Waals surface area (Å²) in [6.07, 6.45) is 3.11. The van der Waals surface area contributed by atoms with Crippen molar-refractivity contribution in [3.63, 3.8) is 0 Å². The van der Waals surface area contributed by atoms with Crippen LogP contribution in [0.1, 0.15) is 30.2 Å². The van der Waals surface area contributed by atoms with Crippen LogP contribution in [0.25, 0.3) is 11.3 Å². The summed E-state index contributed by atoms with van der Waals surface area (Å²) < 4.78 is 7.78. The molecular weight excluding hydrogens is 320 g/mol. The van der Waals surface area contributed by atoms with Crippen LogP contribution in [0, 0.1) is 11.3 Å². The van der Waals surface area contributed by atoms with E-state index in [1.54, 1.807) is 6.07 Å². The van der Waals surface area contributed by atoms with Gasteiger partial charge < -0.3 is 4.52 Å². The Hall–Kier alpha value is -3.40. The molecule has 1 aromatic carbocycles. The third-order valence-electron chi connectivity index (χ3n) is 4.20. The van der Waals surface area contributed by atoms with Gasteiger partial charge in [-0.2, -0.15) is 5.26 Å². The highest BCUT2D eigenvalue weighted by Gasteiger charge is 2.27. The average molecular weight is 334 g/mol. The highest BCUT2D eigenvalue weighted by Crippen LogP contribution is 2.33. The summed E-state index contributed by atoms with van der Waals surface area (Å²) in [6.45, 7) is -0.0558. The largest absolute Gasteiger partial charge is 0.359 e. The van der Waals surface area contributed by atoms with Crippen LogP contribution in [-0.2, 0) is 6.54 Å². The first-order valence-corrected chi connectivity index (χ1v) is 7.94. The minimum absolute atomic E-state index is 0.0469. The maximum atomic E-state index is 12.6. The lowest BCUT2D eigenvalue weighted by Gasteiger charge is -2.08. The van der Waals surface area contributed by atoms with E-state index in [4.69, 9.17) is 9.78 Å². The third-order valence-corrected chi connectivity index (χ3v) is 4.20. The van der Waals surface area contributed by atoms with Gasteiger partial charge in [-0.25, -0.2) is 4.79 Å². The number of benzene rings is 1. The molecule has 0 unspecified atom stereocenters. The number of nitriles is 1. The van der Waals surface area contributed by atoms with Gasteiger partial charge in [0.2, 0.25) is 0 Å². The van der Waals surface area contributed by atoms with Crippen molar-refractivity contribution in [2.75, 3.05) is 0 Å². The van der Waals surface area contributed by atoms with Crippen molar-refractivity contribution < 1.29 is 4.52 Å². The second-order valence-corrected chi connectivity index (χ2v) is 6.01. The monoisotopic (exact) mass is 334 g/mol. The number of hydrogen-bond donors (Lipinski definition) is 0. The SMILES string of the molecule is N#Cc1cn(C2CC2)c(=O)n(Cc2cc(-c3ccccc3)no2)c1=O. The highest BCUT2D eigenvalue weighted by molar-refractivity contribution is 5.58. The summed E-state index contributed by atoms with van der Waals surface area (Å²) in [5, 5.41) is 13.2. The second kappa shape index (κ2) is 5.91. The first kappa shape index (κ1) is 15.1. The lowest BCUT2D eigenvalue weighted by atomic mass is 10.1. The summed E-state index contributed by atoms with van der Waals surface area (Å²) >= 11 is 0. The smallest absolute Gasteiger partial charge is 0.331 e. The van der Waals surface area contributed by atoms with Gasteiger partial charge in [-0.05, 0) is 12.8 Å². The molecule has 4 rings (SSSR count). The average Bonchev–Trinajstić information content (AvgIpc) is 3.37. The molecule has 0 saturated heterocycles. The minimum atomic E-state index is -0.609. The Balaban J connectivity index is 1.73. The zero-order valence-corrected chi connectivity index (χ0v) is 13.3. The Labute approximate surface area is 142 Å². The fraction of sp³-hybridized carbons (Fsp3) is 0.222. The number of rotatable bonds is 4. The molecule has 7 heteroatoms. The Morgan fingerprint density at radius 1 is 1.24 bits per heavy atom. The predicted molar refractivity (Wildman–Crippen MR) is 89.0 cm³/mol. The van der Waals surface area contributed by atoms with Crippen molar-refractivity contribution in [3.05, 3.63) is 74.8 Å². The molecule has 0 N–H and O–H groups in total. The molecule has 7 nitrogen and oxygen atoms in total. The van der Waals surface area contributed by atoms with Crippen molar-refractivity contribution in [1.29, 1.82) is 5.26 Å². The van der Waals surface area contributed by atoms with Gasteiger partial charge in [0.25, 0.3) is 5.56 Å². The molecule has 124 valence electrons. The van der Waals surface area contributed by atoms with Gasteiger partial charge in [-0.15, -0.1) is 0 Å². The lowest BCUT2D eigenvalue weighted by Crippen LogP contribution is -2.40. The standard InChI is InChI=1S/C18H14N4O3/c19-9-13-10-21(14-6-7-14)18(24)22(17(13)23)11-15-8-16(20-25-15)12-4-2-1-3-5-12/h1-5,8,10,14H,6-7,11H2. The quantitative estimate of drug-likeness (QED) is 0.726. The van der Waals surface area contributed by atoms with Crippen LogP contribution in [0.3, 0.4) is 0 Å². The summed E-state index contributed by atoms with van der Waals surface area (Å²) in [7, 11) is 0. The molecule has 0 atom stereocenters. The van der Waals surface area contributed by atoms with E-state index in [9.17, 15) is 9.59 Å². The van der Waals surface area contributed by atoms with Gasteiger partial charge in [-0.1, -0.05) is 35.5 Å². The zero-order chi connectivity index (χ0) is 17.4. The molecule has 0 aliphatic heterocycles. The fourth-order valence-corrected chi connectivity index (χ4v) is 2.74. The molecule has 2 heterocycles. The van der Waals surface area contributed by atoms with Crippen molar-refractivity contribution in [2.45, 2.75) is 25.4 Å². The maximum absolute atomic E-state index is 12.6. The molecule has 0 spiro atoms. The maximum Gasteiger partial charge on any atom is 0.331 e. The molecule has 3 aromatic rings.